The van der Waals surface area contributed by atoms with E-state index < -0.39 is 97.5 Å². The van der Waals surface area contributed by atoms with Crippen LogP contribution in [0.1, 0.15) is 272 Å². The van der Waals surface area contributed by atoms with Crippen LogP contribution in [-0.4, -0.2) is 96.7 Å². The first-order valence-corrected chi connectivity index (χ1v) is 41.4. The normalized spacial score (nSPS) is 14.9. The highest BCUT2D eigenvalue weighted by atomic mass is 31.2. The van der Waals surface area contributed by atoms with Crippen molar-refractivity contribution in [1.29, 1.82) is 0 Å². The summed E-state index contributed by atoms with van der Waals surface area (Å²) in [5, 5.41) is 10.6. The number of ether oxygens (including phenoxy) is 4. The number of phosphoric acid groups is 2. The van der Waals surface area contributed by atoms with Crippen molar-refractivity contribution >= 4 is 39.5 Å². The zero-order chi connectivity index (χ0) is 74.6. The Morgan fingerprint density at radius 2 is 0.549 bits per heavy atom. The fraction of sp³-hybridized carbons (Fsp3) is 0.614. The number of carbonyl (C=O) groups excluding carboxylic acids is 4. The van der Waals surface area contributed by atoms with Gasteiger partial charge < -0.3 is 33.8 Å². The maximum absolute atomic E-state index is 13.1. The number of hydrogen-bond acceptors (Lipinski definition) is 15. The number of unbranched alkanes of at least 4 members (excludes halogenated alkanes) is 17. The molecule has 0 radical (unpaired) electrons. The molecule has 0 aromatic rings. The molecular formula is C83H134O17P2. The van der Waals surface area contributed by atoms with Gasteiger partial charge in [-0.2, -0.15) is 0 Å². The van der Waals surface area contributed by atoms with Crippen molar-refractivity contribution in [2.24, 2.45) is 0 Å². The van der Waals surface area contributed by atoms with E-state index in [0.29, 0.717) is 25.7 Å². The number of rotatable bonds is 70. The molecule has 0 fully saturated rings. The molecule has 0 saturated carbocycles. The van der Waals surface area contributed by atoms with Gasteiger partial charge >= 0.3 is 39.5 Å². The number of esters is 4. The summed E-state index contributed by atoms with van der Waals surface area (Å²) in [6.07, 6.45) is 86.7. The predicted molar refractivity (Wildman–Crippen MR) is 417 cm³/mol. The molecule has 5 atom stereocenters. The van der Waals surface area contributed by atoms with Crippen LogP contribution in [0.5, 0.6) is 0 Å². The Morgan fingerprint density at radius 1 is 0.294 bits per heavy atom. The van der Waals surface area contributed by atoms with Gasteiger partial charge in [0.1, 0.15) is 19.3 Å². The maximum atomic E-state index is 13.1. The molecule has 5 unspecified atom stereocenters. The minimum Gasteiger partial charge on any atom is -0.462 e. The van der Waals surface area contributed by atoms with Crippen LogP contribution in [0.25, 0.3) is 0 Å². The van der Waals surface area contributed by atoms with Crippen LogP contribution >= 0.6 is 15.6 Å². The number of phosphoric ester groups is 2. The molecule has 17 nitrogen and oxygen atoms in total. The van der Waals surface area contributed by atoms with E-state index in [0.717, 1.165) is 180 Å². The zero-order valence-corrected chi connectivity index (χ0v) is 64.8. The molecule has 3 N–H and O–H groups in total. The molecule has 0 aliphatic heterocycles. The fourth-order valence-electron chi connectivity index (χ4n) is 9.43. The molecule has 0 saturated heterocycles. The lowest BCUT2D eigenvalue weighted by Crippen LogP contribution is -2.30. The average molecular weight is 1470 g/mol. The van der Waals surface area contributed by atoms with E-state index in [4.69, 9.17) is 37.0 Å². The lowest BCUT2D eigenvalue weighted by atomic mass is 10.1. The number of hydrogen-bond donors (Lipinski definition) is 3. The van der Waals surface area contributed by atoms with Crippen LogP contribution in [0.4, 0.5) is 0 Å². The molecule has 0 aliphatic rings. The van der Waals surface area contributed by atoms with Gasteiger partial charge in [0.2, 0.25) is 0 Å². The van der Waals surface area contributed by atoms with E-state index in [1.165, 1.54) is 12.8 Å². The topological polar surface area (TPSA) is 237 Å². The van der Waals surface area contributed by atoms with Crippen molar-refractivity contribution in [2.75, 3.05) is 39.6 Å². The van der Waals surface area contributed by atoms with Crippen LogP contribution in [-0.2, 0) is 65.4 Å². The van der Waals surface area contributed by atoms with E-state index in [1.807, 2.05) is 12.2 Å². The molecule has 0 aromatic heterocycles. The lowest BCUT2D eigenvalue weighted by molar-refractivity contribution is -0.161. The standard InChI is InChI=1S/C83H134O17P2/c1-5-9-13-17-21-25-29-32-35-37-38-40-43-45-49-52-56-60-64-68-81(86)94-74-79(100-83(88)70-66-62-58-54-50-46-41-34-31-27-23-19-15-11-7-3)76-98-102(91,92)96-72-77(84)71-95-101(89,90)97-75-78(99-82(87)69-65-61-57-53-47-28-24-20-16-12-8-4)73-93-80(85)67-63-59-55-51-48-44-42-39-36-33-30-26-22-18-14-10-6-2/h9-11,13-15,20-27,32-36,38,40-41,45,49-50,54,62,66,77-79,84H,5-8,12,16-19,28-31,37,39,42-44,46-48,51-53,55-61,63-65,67-76H2,1-4H3,(H,89,90)(H,91,92)/b13-9-,14-10-,15-11-,24-20-,25-21-,26-22-,27-23-,35-32-,36-33-,40-38-,41-34-,49-45-,54-50-,66-62-. The van der Waals surface area contributed by atoms with E-state index in [2.05, 4.69) is 174 Å². The quantitative estimate of drug-likeness (QED) is 0.0169. The second kappa shape index (κ2) is 73.7. The summed E-state index contributed by atoms with van der Waals surface area (Å²) in [5.41, 5.74) is 0. The third kappa shape index (κ3) is 72.8. The second-order valence-corrected chi connectivity index (χ2v) is 27.7. The van der Waals surface area contributed by atoms with Crippen molar-refractivity contribution in [3.05, 3.63) is 170 Å². The molecule has 578 valence electrons. The first kappa shape index (κ1) is 96.4. The number of aliphatic hydroxyl groups is 1. The molecule has 0 amide bonds. The molecule has 19 heteroatoms. The van der Waals surface area contributed by atoms with Crippen molar-refractivity contribution in [3.8, 4) is 0 Å². The average Bonchev–Trinajstić information content (AvgIpc) is 0.939. The van der Waals surface area contributed by atoms with Crippen molar-refractivity contribution < 1.29 is 80.2 Å². The zero-order valence-electron chi connectivity index (χ0n) is 63.0. The Bertz CT molecular complexity index is 2600. The number of aliphatic hydroxyl groups excluding tert-OH is 1. The van der Waals surface area contributed by atoms with Gasteiger partial charge in [-0.3, -0.25) is 37.3 Å². The molecular weight excluding hydrogens is 1330 g/mol. The monoisotopic (exact) mass is 1460 g/mol. The highest BCUT2D eigenvalue weighted by Crippen LogP contribution is 2.45. The van der Waals surface area contributed by atoms with Crippen molar-refractivity contribution in [3.63, 3.8) is 0 Å². The van der Waals surface area contributed by atoms with Gasteiger partial charge in [0.25, 0.3) is 0 Å². The van der Waals surface area contributed by atoms with Crippen LogP contribution in [0.3, 0.4) is 0 Å². The summed E-state index contributed by atoms with van der Waals surface area (Å²) in [6.45, 7) is 4.29. The van der Waals surface area contributed by atoms with E-state index in [1.54, 1.807) is 12.2 Å². The Balaban J connectivity index is 5.44. The summed E-state index contributed by atoms with van der Waals surface area (Å²) in [5.74, 6) is -2.40. The van der Waals surface area contributed by atoms with Gasteiger partial charge in [0, 0.05) is 19.3 Å². The van der Waals surface area contributed by atoms with Crippen LogP contribution in [0.15, 0.2) is 170 Å². The summed E-state index contributed by atoms with van der Waals surface area (Å²) in [7, 11) is -10.0. The number of carbonyl (C=O) groups is 4. The largest absolute Gasteiger partial charge is 0.472 e. The van der Waals surface area contributed by atoms with Gasteiger partial charge in [-0.05, 0) is 148 Å². The summed E-state index contributed by atoms with van der Waals surface area (Å²) in [6, 6.07) is 0. The molecule has 102 heavy (non-hydrogen) atoms. The van der Waals surface area contributed by atoms with Crippen LogP contribution in [0.2, 0.25) is 0 Å². The van der Waals surface area contributed by atoms with E-state index >= 15 is 0 Å². The van der Waals surface area contributed by atoms with Gasteiger partial charge in [0.05, 0.1) is 32.8 Å². The first-order valence-electron chi connectivity index (χ1n) is 38.4. The molecule has 0 heterocycles. The fourth-order valence-corrected chi connectivity index (χ4v) is 11.0. The van der Waals surface area contributed by atoms with Gasteiger partial charge in [-0.1, -0.05) is 268 Å². The summed E-state index contributed by atoms with van der Waals surface area (Å²) < 4.78 is 68.3. The Hall–Kier alpha value is -5.58. The molecule has 0 aliphatic carbocycles. The van der Waals surface area contributed by atoms with E-state index in [-0.39, 0.29) is 25.7 Å². The Kier molecular flexibility index (Phi) is 69.7. The predicted octanol–water partition coefficient (Wildman–Crippen LogP) is 22.2. The molecule has 0 bridgehead atoms. The van der Waals surface area contributed by atoms with Gasteiger partial charge in [-0.15, -0.1) is 0 Å². The van der Waals surface area contributed by atoms with Crippen LogP contribution < -0.4 is 0 Å². The van der Waals surface area contributed by atoms with Gasteiger partial charge in [0.15, 0.2) is 12.2 Å². The SMILES string of the molecule is CC/C=C\C/C=C\C/C=C\C/C=C\C/C=C\CCCCCC(=O)OCC(COP(=O)(O)OCC(O)COP(=O)(O)OCC(COC(=O)CCCCCCCCC/C=C\C/C=C\C/C=C\CC)OC(=O)CCCCCCC/C=C\CCCC)OC(=O)C/C=C\C/C=C\C/C=C\C/C=C\C/C=C\CC. The molecule has 0 spiro atoms. The van der Waals surface area contributed by atoms with Gasteiger partial charge in [-0.25, -0.2) is 9.13 Å². The van der Waals surface area contributed by atoms with Crippen LogP contribution in [0, 0.1) is 0 Å². The van der Waals surface area contributed by atoms with Crippen molar-refractivity contribution in [1.82, 2.24) is 0 Å². The minimum atomic E-state index is -5.02. The molecule has 0 rings (SSSR count). The highest BCUT2D eigenvalue weighted by molar-refractivity contribution is 7.47. The maximum Gasteiger partial charge on any atom is 0.472 e. The summed E-state index contributed by atoms with van der Waals surface area (Å²) >= 11 is 0. The third-order valence-electron chi connectivity index (χ3n) is 15.2. The first-order chi connectivity index (χ1) is 49.7. The third-order valence-corrected chi connectivity index (χ3v) is 17.1. The van der Waals surface area contributed by atoms with Crippen molar-refractivity contribution in [2.45, 2.75) is 290 Å². The summed E-state index contributed by atoms with van der Waals surface area (Å²) in [4.78, 5) is 72.8. The smallest absolute Gasteiger partial charge is 0.462 e. The highest BCUT2D eigenvalue weighted by Gasteiger charge is 2.30. The number of allylic oxidation sites excluding steroid dienone is 27. The minimum absolute atomic E-state index is 0.0738. The lowest BCUT2D eigenvalue weighted by Gasteiger charge is -2.21. The second-order valence-electron chi connectivity index (χ2n) is 24.8. The molecule has 0 aromatic carbocycles. The van der Waals surface area contributed by atoms with E-state index in [9.17, 15) is 43.2 Å². The Morgan fingerprint density at radius 3 is 0.892 bits per heavy atom. The Labute approximate surface area is 616 Å².